The van der Waals surface area contributed by atoms with Crippen molar-refractivity contribution in [2.24, 2.45) is 0 Å². The van der Waals surface area contributed by atoms with Crippen molar-refractivity contribution >= 4 is 45.7 Å². The number of carbonyl (C=O) groups is 1. The predicted octanol–water partition coefficient (Wildman–Crippen LogP) is 1.41. The van der Waals surface area contributed by atoms with E-state index in [2.05, 4.69) is 0 Å². The van der Waals surface area contributed by atoms with Crippen LogP contribution in [0.2, 0.25) is 10.0 Å². The van der Waals surface area contributed by atoms with Gasteiger partial charge in [-0.15, -0.1) is 0 Å². The van der Waals surface area contributed by atoms with Crippen LogP contribution in [0.25, 0.3) is 0 Å². The number of nitrogens with zero attached hydrogens (tertiary/aromatic N) is 1. The third-order valence-electron chi connectivity index (χ3n) is 1.68. The highest BCUT2D eigenvalue weighted by Crippen LogP contribution is 2.27. The van der Waals surface area contributed by atoms with Crippen LogP contribution >= 0.6 is 23.2 Å². The highest BCUT2D eigenvalue weighted by molar-refractivity contribution is 7.74. The van der Waals surface area contributed by atoms with Crippen molar-refractivity contribution in [2.45, 2.75) is 0 Å². The number of halogens is 2. The molecule has 1 aromatic carbocycles. The summed E-state index contributed by atoms with van der Waals surface area (Å²) in [6.07, 6.45) is 0. The molecular formula is C8H7Cl2NO4S. The molecule has 8 heteroatoms. The second-order valence-corrected chi connectivity index (χ2v) is 4.56. The van der Waals surface area contributed by atoms with E-state index in [-0.39, 0.29) is 15.7 Å². The van der Waals surface area contributed by atoms with E-state index in [1.54, 1.807) is 0 Å². The molecule has 0 amide bonds. The largest absolute Gasteiger partial charge is 0.480 e. The van der Waals surface area contributed by atoms with Gasteiger partial charge < -0.3 is 5.11 Å². The highest BCUT2D eigenvalue weighted by atomic mass is 35.5. The first-order valence-corrected chi connectivity index (χ1v) is 5.89. The second kappa shape index (κ2) is 5.38. The Kier molecular flexibility index (Phi) is 4.40. The summed E-state index contributed by atoms with van der Waals surface area (Å²) in [5, 5.41) is 8.97. The monoisotopic (exact) mass is 283 g/mol. The molecule has 0 unspecified atom stereocenters. The molecule has 0 aromatic heterocycles. The quantitative estimate of drug-likeness (QED) is 0.820. The number of carboxylic acids is 1. The lowest BCUT2D eigenvalue weighted by atomic mass is 10.3. The number of benzene rings is 1. The Hall–Kier alpha value is -0.980. The number of anilines is 1. The van der Waals surface area contributed by atoms with Crippen LogP contribution in [0.1, 0.15) is 0 Å². The van der Waals surface area contributed by atoms with Gasteiger partial charge in [0, 0.05) is 0 Å². The van der Waals surface area contributed by atoms with E-state index in [0.29, 0.717) is 4.31 Å². The molecule has 0 saturated heterocycles. The molecule has 0 fully saturated rings. The van der Waals surface area contributed by atoms with E-state index in [1.165, 1.54) is 18.2 Å². The smallest absolute Gasteiger partial charge is 0.324 e. The Bertz CT molecular complexity index is 481. The Labute approximate surface area is 103 Å². The van der Waals surface area contributed by atoms with Crippen LogP contribution < -0.4 is 4.31 Å². The molecule has 0 spiro atoms. The zero-order chi connectivity index (χ0) is 12.3. The minimum absolute atomic E-state index is 0.159. The first-order chi connectivity index (χ1) is 7.41. The lowest BCUT2D eigenvalue weighted by Crippen LogP contribution is -2.28. The summed E-state index contributed by atoms with van der Waals surface area (Å²) in [5.41, 5.74) is 0.160. The van der Waals surface area contributed by atoms with Gasteiger partial charge in [0.1, 0.15) is 6.54 Å². The van der Waals surface area contributed by atoms with Crippen LogP contribution in [0.15, 0.2) is 18.2 Å². The maximum Gasteiger partial charge on any atom is 0.324 e. The molecule has 5 nitrogen and oxygen atoms in total. The third kappa shape index (κ3) is 3.26. The van der Waals surface area contributed by atoms with Crippen molar-refractivity contribution in [3.63, 3.8) is 0 Å². The van der Waals surface area contributed by atoms with Crippen molar-refractivity contribution in [1.29, 1.82) is 0 Å². The normalized spacial score (nSPS) is 10.4. The van der Waals surface area contributed by atoms with Gasteiger partial charge in [-0.05, 0) is 18.2 Å². The summed E-state index contributed by atoms with van der Waals surface area (Å²) >= 11 is 11.3. The number of thiol groups is 1. The van der Waals surface area contributed by atoms with Crippen molar-refractivity contribution < 1.29 is 18.3 Å². The van der Waals surface area contributed by atoms with Gasteiger partial charge in [0.15, 0.2) is 0 Å². The van der Waals surface area contributed by atoms with Crippen molar-refractivity contribution in [3.05, 3.63) is 28.2 Å². The molecule has 0 bridgehead atoms. The maximum absolute atomic E-state index is 10.9. The number of rotatable bonds is 4. The molecule has 0 heterocycles. The fourth-order valence-corrected chi connectivity index (χ4v) is 1.86. The van der Waals surface area contributed by atoms with Gasteiger partial charge in [0.2, 0.25) is 10.9 Å². The molecule has 1 N–H and O–H groups in total. The molecule has 1 aromatic rings. The van der Waals surface area contributed by atoms with E-state index in [9.17, 15) is 13.2 Å². The summed E-state index contributed by atoms with van der Waals surface area (Å²) in [5.74, 6) is -1.26. The molecule has 0 aliphatic rings. The molecular weight excluding hydrogens is 277 g/mol. The van der Waals surface area contributed by atoms with Gasteiger partial charge in [-0.25, -0.2) is 8.42 Å². The van der Waals surface area contributed by atoms with Crippen LogP contribution in [0, 0.1) is 0 Å². The van der Waals surface area contributed by atoms with E-state index < -0.39 is 23.4 Å². The Balaban J connectivity index is 3.11. The van der Waals surface area contributed by atoms with E-state index in [1.807, 2.05) is 0 Å². The molecule has 0 atom stereocenters. The van der Waals surface area contributed by atoms with Crippen molar-refractivity contribution in [2.75, 3.05) is 10.8 Å². The second-order valence-electron chi connectivity index (χ2n) is 2.79. The number of carboxylic acid groups (broad SMARTS) is 1. The summed E-state index contributed by atoms with van der Waals surface area (Å²) < 4.78 is 22.4. The summed E-state index contributed by atoms with van der Waals surface area (Å²) in [4.78, 5) is 10.5. The fraction of sp³-hybridized carbons (Fsp3) is 0.125. The molecule has 0 aliphatic heterocycles. The molecule has 0 saturated carbocycles. The average molecular weight is 284 g/mol. The third-order valence-corrected chi connectivity index (χ3v) is 3.19. The lowest BCUT2D eigenvalue weighted by Gasteiger charge is -2.15. The van der Waals surface area contributed by atoms with E-state index >= 15 is 0 Å². The number of hydrogen-bond acceptors (Lipinski definition) is 3. The van der Waals surface area contributed by atoms with Gasteiger partial charge in [0.05, 0.1) is 15.7 Å². The minimum Gasteiger partial charge on any atom is -0.480 e. The zero-order valence-corrected chi connectivity index (χ0v) is 10.2. The van der Waals surface area contributed by atoms with E-state index in [4.69, 9.17) is 28.3 Å². The van der Waals surface area contributed by atoms with Gasteiger partial charge in [-0.2, -0.15) is 0 Å². The van der Waals surface area contributed by atoms with Crippen molar-refractivity contribution in [3.8, 4) is 0 Å². The standard InChI is InChI=1S/C8H7Cl2NO4S/c9-6-2-1-5(3-7(6)10)11(16(14)15)4-8(12)13/h1-3,16H,4H2,(H,12,13). The van der Waals surface area contributed by atoms with Crippen LogP contribution in [0.5, 0.6) is 0 Å². The molecule has 0 aliphatic carbocycles. The molecule has 1 rings (SSSR count). The molecule has 0 radical (unpaired) electrons. The van der Waals surface area contributed by atoms with Crippen LogP contribution in [-0.2, 0) is 15.7 Å². The minimum atomic E-state index is -3.04. The predicted molar refractivity (Wildman–Crippen MR) is 61.8 cm³/mol. The highest BCUT2D eigenvalue weighted by Gasteiger charge is 2.13. The lowest BCUT2D eigenvalue weighted by molar-refractivity contribution is -0.135. The fourth-order valence-electron chi connectivity index (χ4n) is 1.02. The maximum atomic E-state index is 10.9. The Morgan fingerprint density at radius 3 is 2.38 bits per heavy atom. The SMILES string of the molecule is O=C(O)CN(c1ccc(Cl)c(Cl)c1)[SH](=O)=O. The van der Waals surface area contributed by atoms with Gasteiger partial charge in [0.25, 0.3) is 0 Å². The number of hydrogen-bond donors (Lipinski definition) is 2. The van der Waals surface area contributed by atoms with E-state index in [0.717, 1.165) is 0 Å². The van der Waals surface area contributed by atoms with Gasteiger partial charge in [-0.1, -0.05) is 23.2 Å². The molecule has 88 valence electrons. The summed E-state index contributed by atoms with van der Waals surface area (Å²) in [6, 6.07) is 4.06. The Morgan fingerprint density at radius 2 is 1.94 bits per heavy atom. The van der Waals surface area contributed by atoms with Crippen LogP contribution in [0.4, 0.5) is 5.69 Å². The number of aliphatic carboxylic acids is 1. The molecule has 16 heavy (non-hydrogen) atoms. The summed E-state index contributed by atoms with van der Waals surface area (Å²) in [7, 11) is -3.04. The average Bonchev–Trinajstić information content (AvgIpc) is 2.18. The van der Waals surface area contributed by atoms with Crippen molar-refractivity contribution in [1.82, 2.24) is 0 Å². The summed E-state index contributed by atoms with van der Waals surface area (Å²) in [6.45, 7) is -0.656. The first kappa shape index (κ1) is 13.1. The zero-order valence-electron chi connectivity index (χ0n) is 7.76. The topological polar surface area (TPSA) is 74.7 Å². The first-order valence-electron chi connectivity index (χ1n) is 4.00. The van der Waals surface area contributed by atoms with Gasteiger partial charge in [-0.3, -0.25) is 9.10 Å². The van der Waals surface area contributed by atoms with Crippen LogP contribution in [0.3, 0.4) is 0 Å². The Morgan fingerprint density at radius 1 is 1.31 bits per heavy atom. The van der Waals surface area contributed by atoms with Crippen LogP contribution in [-0.4, -0.2) is 26.0 Å². The van der Waals surface area contributed by atoms with Gasteiger partial charge >= 0.3 is 5.97 Å².